The summed E-state index contributed by atoms with van der Waals surface area (Å²) >= 11 is 6.21. The molecule has 1 atom stereocenters. The second-order valence-electron chi connectivity index (χ2n) is 4.60. The molecule has 0 aliphatic heterocycles. The Morgan fingerprint density at radius 1 is 1.42 bits per heavy atom. The van der Waals surface area contributed by atoms with Crippen molar-refractivity contribution in [3.8, 4) is 0 Å². The van der Waals surface area contributed by atoms with E-state index in [0.717, 1.165) is 22.0 Å². The lowest BCUT2D eigenvalue weighted by Crippen LogP contribution is -2.21. The van der Waals surface area contributed by atoms with Gasteiger partial charge in [-0.15, -0.1) is 0 Å². The van der Waals surface area contributed by atoms with E-state index in [9.17, 15) is 0 Å². The molecule has 0 fully saturated rings. The molecule has 2 rings (SSSR count). The van der Waals surface area contributed by atoms with E-state index in [2.05, 4.69) is 17.0 Å². The minimum Gasteiger partial charge on any atom is -0.360 e. The van der Waals surface area contributed by atoms with Gasteiger partial charge >= 0.3 is 0 Å². The molecular formula is C14H18ClN3O. The average Bonchev–Trinajstić information content (AvgIpc) is 2.86. The van der Waals surface area contributed by atoms with Crippen LogP contribution in [0.1, 0.15) is 30.0 Å². The first-order chi connectivity index (χ1) is 9.11. The summed E-state index contributed by atoms with van der Waals surface area (Å²) < 4.78 is 5.24. The highest BCUT2D eigenvalue weighted by Gasteiger charge is 2.16. The molecule has 0 spiro atoms. The van der Waals surface area contributed by atoms with Crippen LogP contribution in [-0.4, -0.2) is 17.1 Å². The van der Waals surface area contributed by atoms with Crippen molar-refractivity contribution in [2.24, 2.45) is 5.73 Å². The first-order valence-electron chi connectivity index (χ1n) is 6.21. The number of aromatic nitrogens is 1. The van der Waals surface area contributed by atoms with E-state index in [-0.39, 0.29) is 6.04 Å². The molecule has 1 aromatic carbocycles. The first-order valence-corrected chi connectivity index (χ1v) is 6.58. The Kier molecular flexibility index (Phi) is 4.58. The molecule has 0 saturated carbocycles. The molecule has 0 saturated heterocycles. The van der Waals surface area contributed by atoms with Crippen molar-refractivity contribution in [2.75, 3.05) is 7.05 Å². The lowest BCUT2D eigenvalue weighted by atomic mass is 10.1. The van der Waals surface area contributed by atoms with Crippen LogP contribution in [0.25, 0.3) is 0 Å². The third-order valence-electron chi connectivity index (χ3n) is 3.24. The largest absolute Gasteiger partial charge is 0.360 e. The second-order valence-corrected chi connectivity index (χ2v) is 5.01. The Hall–Kier alpha value is -1.36. The van der Waals surface area contributed by atoms with Gasteiger partial charge in [-0.2, -0.15) is 0 Å². The number of hydrogen-bond acceptors (Lipinski definition) is 4. The van der Waals surface area contributed by atoms with Crippen molar-refractivity contribution in [1.82, 2.24) is 10.1 Å². The Bertz CT molecular complexity index is 541. The minimum atomic E-state index is 0.195. The lowest BCUT2D eigenvalue weighted by Gasteiger charge is -2.24. The van der Waals surface area contributed by atoms with Gasteiger partial charge in [-0.05, 0) is 25.6 Å². The molecule has 0 aliphatic rings. The second kappa shape index (κ2) is 6.19. The molecule has 19 heavy (non-hydrogen) atoms. The highest BCUT2D eigenvalue weighted by Crippen LogP contribution is 2.27. The first kappa shape index (κ1) is 14.1. The fourth-order valence-corrected chi connectivity index (χ4v) is 2.25. The summed E-state index contributed by atoms with van der Waals surface area (Å²) in [4.78, 5) is 2.15. The van der Waals surface area contributed by atoms with Crippen molar-refractivity contribution < 1.29 is 4.52 Å². The van der Waals surface area contributed by atoms with Crippen LogP contribution in [0.3, 0.4) is 0 Å². The van der Waals surface area contributed by atoms with E-state index >= 15 is 0 Å². The molecule has 5 heteroatoms. The third kappa shape index (κ3) is 3.35. The average molecular weight is 280 g/mol. The highest BCUT2D eigenvalue weighted by atomic mass is 35.5. The monoisotopic (exact) mass is 279 g/mol. The van der Waals surface area contributed by atoms with Crippen LogP contribution in [0, 0.1) is 0 Å². The van der Waals surface area contributed by atoms with Gasteiger partial charge in [0.1, 0.15) is 0 Å². The Morgan fingerprint density at radius 3 is 2.79 bits per heavy atom. The summed E-state index contributed by atoms with van der Waals surface area (Å²) in [6, 6.07) is 9.95. The molecule has 0 bridgehead atoms. The number of hydrogen-bond donors (Lipinski definition) is 1. The molecule has 2 N–H and O–H groups in total. The fraction of sp³-hybridized carbons (Fsp3) is 0.357. The molecule has 0 aliphatic carbocycles. The molecule has 1 aromatic heterocycles. The summed E-state index contributed by atoms with van der Waals surface area (Å²) in [6.07, 6.45) is 0. The summed E-state index contributed by atoms with van der Waals surface area (Å²) in [7, 11) is 2.03. The fourth-order valence-electron chi connectivity index (χ4n) is 1.96. The predicted octanol–water partition coefficient (Wildman–Crippen LogP) is 2.98. The van der Waals surface area contributed by atoms with Crippen molar-refractivity contribution in [3.63, 3.8) is 0 Å². The van der Waals surface area contributed by atoms with Crippen molar-refractivity contribution in [3.05, 3.63) is 52.4 Å². The zero-order valence-corrected chi connectivity index (χ0v) is 11.9. The van der Waals surface area contributed by atoms with Crippen molar-refractivity contribution in [2.45, 2.75) is 26.1 Å². The number of nitrogens with zero attached hydrogens (tertiary/aromatic N) is 2. The SMILES string of the molecule is CC(c1ccccc1Cl)N(C)Cc1cc(CN)no1. The van der Waals surface area contributed by atoms with Crippen LogP contribution in [0.15, 0.2) is 34.9 Å². The summed E-state index contributed by atoms with van der Waals surface area (Å²) in [5.74, 6) is 0.807. The zero-order valence-electron chi connectivity index (χ0n) is 11.1. The molecule has 1 heterocycles. The number of rotatable bonds is 5. The topological polar surface area (TPSA) is 55.3 Å². The quantitative estimate of drug-likeness (QED) is 0.914. The molecular weight excluding hydrogens is 262 g/mol. The van der Waals surface area contributed by atoms with Gasteiger partial charge < -0.3 is 10.3 Å². The van der Waals surface area contributed by atoms with E-state index in [4.69, 9.17) is 21.9 Å². The van der Waals surface area contributed by atoms with E-state index in [1.807, 2.05) is 37.4 Å². The normalized spacial score (nSPS) is 12.9. The molecule has 102 valence electrons. The van der Waals surface area contributed by atoms with Gasteiger partial charge in [-0.3, -0.25) is 4.90 Å². The Balaban J connectivity index is 2.07. The number of nitrogens with two attached hydrogens (primary N) is 1. The van der Waals surface area contributed by atoms with Gasteiger partial charge in [0, 0.05) is 23.7 Å². The van der Waals surface area contributed by atoms with Gasteiger partial charge in [0.2, 0.25) is 0 Å². The van der Waals surface area contributed by atoms with E-state index in [0.29, 0.717) is 13.1 Å². The Morgan fingerprint density at radius 2 is 2.16 bits per heavy atom. The van der Waals surface area contributed by atoms with Crippen LogP contribution < -0.4 is 5.73 Å². The van der Waals surface area contributed by atoms with E-state index in [1.54, 1.807) is 0 Å². The van der Waals surface area contributed by atoms with E-state index < -0.39 is 0 Å². The van der Waals surface area contributed by atoms with Gasteiger partial charge in [0.15, 0.2) is 5.76 Å². The van der Waals surface area contributed by atoms with E-state index in [1.165, 1.54) is 0 Å². The lowest BCUT2D eigenvalue weighted by molar-refractivity contribution is 0.220. The third-order valence-corrected chi connectivity index (χ3v) is 3.58. The van der Waals surface area contributed by atoms with Gasteiger partial charge in [-0.25, -0.2) is 0 Å². The van der Waals surface area contributed by atoms with Crippen molar-refractivity contribution in [1.29, 1.82) is 0 Å². The van der Waals surface area contributed by atoms with Gasteiger partial charge in [-0.1, -0.05) is 35.0 Å². The maximum atomic E-state index is 6.21. The van der Waals surface area contributed by atoms with Crippen LogP contribution in [0.5, 0.6) is 0 Å². The van der Waals surface area contributed by atoms with Gasteiger partial charge in [0.25, 0.3) is 0 Å². The minimum absolute atomic E-state index is 0.195. The Labute approximate surface area is 118 Å². The maximum absolute atomic E-state index is 6.21. The smallest absolute Gasteiger partial charge is 0.151 e. The summed E-state index contributed by atoms with van der Waals surface area (Å²) in [5.41, 5.74) is 7.39. The number of halogens is 1. The highest BCUT2D eigenvalue weighted by molar-refractivity contribution is 6.31. The van der Waals surface area contributed by atoms with Crippen LogP contribution in [-0.2, 0) is 13.1 Å². The van der Waals surface area contributed by atoms with Crippen LogP contribution in [0.4, 0.5) is 0 Å². The summed E-state index contributed by atoms with van der Waals surface area (Å²) in [6.45, 7) is 3.17. The maximum Gasteiger partial charge on any atom is 0.151 e. The summed E-state index contributed by atoms with van der Waals surface area (Å²) in [5, 5.41) is 4.66. The van der Waals surface area contributed by atoms with Crippen LogP contribution >= 0.6 is 11.6 Å². The number of benzene rings is 1. The standard InChI is InChI=1S/C14H18ClN3O/c1-10(13-5-3-4-6-14(13)15)18(2)9-12-7-11(8-16)17-19-12/h3-7,10H,8-9,16H2,1-2H3. The zero-order chi connectivity index (χ0) is 13.8. The molecule has 0 radical (unpaired) electrons. The van der Waals surface area contributed by atoms with Gasteiger partial charge in [0.05, 0.1) is 12.2 Å². The molecule has 2 aromatic rings. The molecule has 0 amide bonds. The molecule has 4 nitrogen and oxygen atoms in total. The predicted molar refractivity (Wildman–Crippen MR) is 75.7 cm³/mol. The van der Waals surface area contributed by atoms with Crippen molar-refractivity contribution >= 4 is 11.6 Å². The van der Waals surface area contributed by atoms with Crippen LogP contribution in [0.2, 0.25) is 5.02 Å². The molecule has 1 unspecified atom stereocenters.